The lowest BCUT2D eigenvalue weighted by Gasteiger charge is -2.34. The van der Waals surface area contributed by atoms with Crippen LogP contribution in [0, 0.1) is 25.7 Å². The summed E-state index contributed by atoms with van der Waals surface area (Å²) in [6.45, 7) is 22.6. The number of pyridine rings is 1. The van der Waals surface area contributed by atoms with Crippen LogP contribution in [0.1, 0.15) is 88.8 Å². The van der Waals surface area contributed by atoms with Crippen LogP contribution >= 0.6 is 0 Å². The Balaban J connectivity index is 1.42. The van der Waals surface area contributed by atoms with Gasteiger partial charge in [-0.1, -0.05) is 57.9 Å². The molecule has 47 heavy (non-hydrogen) atoms. The zero-order valence-electron chi connectivity index (χ0n) is 29.8. The van der Waals surface area contributed by atoms with Gasteiger partial charge in [-0.15, -0.1) is 0 Å². The largest absolute Gasteiger partial charge is 0.353 e. The number of aryl methyl sites for hydroxylation is 3. The molecule has 2 aromatic carbocycles. The van der Waals surface area contributed by atoms with Gasteiger partial charge in [0.15, 0.2) is 0 Å². The molecule has 0 saturated carbocycles. The molecule has 0 aliphatic rings. The Morgan fingerprint density at radius 2 is 1.60 bits per heavy atom. The highest BCUT2D eigenvalue weighted by Gasteiger charge is 2.36. The second-order valence-corrected chi connectivity index (χ2v) is 14.9. The molecule has 0 saturated heterocycles. The molecule has 0 fully saturated rings. The number of aromatic amines is 2. The lowest BCUT2D eigenvalue weighted by Crippen LogP contribution is -2.46. The number of amides is 1. The van der Waals surface area contributed by atoms with Crippen LogP contribution in [0.2, 0.25) is 0 Å². The minimum Gasteiger partial charge on any atom is -0.353 e. The second-order valence-electron chi connectivity index (χ2n) is 14.9. The molecule has 8 nitrogen and oxygen atoms in total. The lowest BCUT2D eigenvalue weighted by molar-refractivity contribution is -0.137. The molecule has 0 aliphatic carbocycles. The maximum absolute atomic E-state index is 14.1. The highest BCUT2D eigenvalue weighted by Crippen LogP contribution is 2.38. The Morgan fingerprint density at radius 1 is 0.915 bits per heavy atom. The quantitative estimate of drug-likeness (QED) is 0.108. The highest BCUT2D eigenvalue weighted by molar-refractivity contribution is 5.93. The molecule has 0 spiro atoms. The Kier molecular flexibility index (Phi) is 10.5. The van der Waals surface area contributed by atoms with Crippen LogP contribution in [0.4, 0.5) is 0 Å². The summed E-state index contributed by atoms with van der Waals surface area (Å²) in [5.41, 5.74) is 10.2. The van der Waals surface area contributed by atoms with Gasteiger partial charge in [-0.2, -0.15) is 15.4 Å². The minimum absolute atomic E-state index is 0.135. The van der Waals surface area contributed by atoms with Crippen molar-refractivity contribution in [2.75, 3.05) is 26.2 Å². The molecule has 250 valence electrons. The van der Waals surface area contributed by atoms with Crippen molar-refractivity contribution >= 4 is 27.8 Å². The third kappa shape index (κ3) is 7.92. The summed E-state index contributed by atoms with van der Waals surface area (Å²) < 4.78 is 0. The molecule has 0 radical (unpaired) electrons. The fraction of sp³-hybridized carbons (Fsp3) is 0.487. The number of aromatic nitrogens is 5. The molecule has 0 aliphatic heterocycles. The van der Waals surface area contributed by atoms with E-state index in [0.717, 1.165) is 72.3 Å². The molecule has 5 rings (SSSR count). The van der Waals surface area contributed by atoms with Crippen molar-refractivity contribution in [3.05, 3.63) is 76.6 Å². The van der Waals surface area contributed by atoms with E-state index in [-0.39, 0.29) is 11.8 Å². The first-order valence-corrected chi connectivity index (χ1v) is 17.2. The average molecular weight is 636 g/mol. The van der Waals surface area contributed by atoms with E-state index in [1.165, 1.54) is 27.8 Å². The Bertz CT molecular complexity index is 1800. The van der Waals surface area contributed by atoms with Crippen molar-refractivity contribution in [3.8, 4) is 11.3 Å². The number of hydrogen-bond donors (Lipinski definition) is 3. The molecular formula is C39H53N7O. The number of fused-ring (bicyclic) bond motifs is 2. The van der Waals surface area contributed by atoms with Gasteiger partial charge in [0.25, 0.3) is 0 Å². The summed E-state index contributed by atoms with van der Waals surface area (Å²) in [6, 6.07) is 15.2. The molecule has 0 bridgehead atoms. The Morgan fingerprint density at radius 3 is 2.28 bits per heavy atom. The summed E-state index contributed by atoms with van der Waals surface area (Å²) in [5.74, 6) is 1.14. The van der Waals surface area contributed by atoms with E-state index in [9.17, 15) is 4.79 Å². The third-order valence-corrected chi connectivity index (χ3v) is 9.01. The fourth-order valence-corrected chi connectivity index (χ4v) is 6.82. The maximum Gasteiger partial charge on any atom is 0.234 e. The van der Waals surface area contributed by atoms with Gasteiger partial charge in [-0.25, -0.2) is 0 Å². The fourth-order valence-electron chi connectivity index (χ4n) is 6.82. The summed E-state index contributed by atoms with van der Waals surface area (Å²) in [6.07, 6.45) is 3.94. The highest BCUT2D eigenvalue weighted by atomic mass is 16.2. The van der Waals surface area contributed by atoms with Gasteiger partial charge in [0.05, 0.1) is 28.5 Å². The lowest BCUT2D eigenvalue weighted by atomic mass is 9.85. The summed E-state index contributed by atoms with van der Waals surface area (Å²) >= 11 is 0. The van der Waals surface area contributed by atoms with Crippen molar-refractivity contribution < 1.29 is 4.79 Å². The van der Waals surface area contributed by atoms with Crippen LogP contribution in [-0.4, -0.2) is 62.4 Å². The second kappa shape index (κ2) is 14.4. The van der Waals surface area contributed by atoms with Crippen LogP contribution in [-0.2, 0) is 16.6 Å². The van der Waals surface area contributed by atoms with E-state index < -0.39 is 5.41 Å². The van der Waals surface area contributed by atoms with Crippen LogP contribution in [0.15, 0.2) is 48.7 Å². The third-order valence-electron chi connectivity index (χ3n) is 9.01. The van der Waals surface area contributed by atoms with Crippen molar-refractivity contribution in [1.29, 1.82) is 0 Å². The predicted molar refractivity (Wildman–Crippen MR) is 194 cm³/mol. The van der Waals surface area contributed by atoms with Crippen molar-refractivity contribution in [2.45, 2.75) is 86.5 Å². The van der Waals surface area contributed by atoms with E-state index in [4.69, 9.17) is 4.98 Å². The molecule has 3 N–H and O–H groups in total. The molecule has 3 heterocycles. The molecule has 1 atom stereocenters. The van der Waals surface area contributed by atoms with Crippen molar-refractivity contribution in [1.82, 2.24) is 35.6 Å². The normalized spacial score (nSPS) is 12.9. The Labute approximate surface area is 280 Å². The molecular weight excluding hydrogens is 582 g/mol. The minimum atomic E-state index is -0.761. The van der Waals surface area contributed by atoms with Gasteiger partial charge in [0.2, 0.25) is 5.91 Å². The first kappa shape index (κ1) is 34.3. The Hall–Kier alpha value is -4.04. The summed E-state index contributed by atoms with van der Waals surface area (Å²) in [5, 5.41) is 16.0. The van der Waals surface area contributed by atoms with Crippen LogP contribution in [0.25, 0.3) is 33.2 Å². The summed E-state index contributed by atoms with van der Waals surface area (Å²) in [7, 11) is 0. The van der Waals surface area contributed by atoms with Gasteiger partial charge in [-0.3, -0.25) is 9.78 Å². The van der Waals surface area contributed by atoms with E-state index in [1.807, 2.05) is 31.0 Å². The maximum atomic E-state index is 14.1. The topological polar surface area (TPSA) is 103 Å². The number of rotatable bonds is 14. The van der Waals surface area contributed by atoms with Crippen LogP contribution < -0.4 is 5.32 Å². The number of nitrogens with one attached hydrogen (secondary N) is 3. The number of carbonyl (C=O) groups excluding carboxylic acids is 1. The van der Waals surface area contributed by atoms with E-state index in [2.05, 4.69) is 111 Å². The molecule has 8 heteroatoms. The van der Waals surface area contributed by atoms with Gasteiger partial charge in [0.1, 0.15) is 11.0 Å². The van der Waals surface area contributed by atoms with Crippen molar-refractivity contribution in [2.24, 2.45) is 11.8 Å². The number of benzene rings is 2. The smallest absolute Gasteiger partial charge is 0.234 e. The number of carbonyl (C=O) groups is 1. The first-order chi connectivity index (χ1) is 22.3. The van der Waals surface area contributed by atoms with Gasteiger partial charge in [-0.05, 0) is 112 Å². The SMILES string of the molecule is Cc1cc(C)cc(-c2[nH]c3cnc(C(C)(C)C(=O)N(CC(C)C)CC(C)C)cc3c2[C@H](C)CNCCCc2ccc3n[nH]nc3c2)c1. The summed E-state index contributed by atoms with van der Waals surface area (Å²) in [4.78, 5) is 24.8. The molecule has 0 unspecified atom stereocenters. The predicted octanol–water partition coefficient (Wildman–Crippen LogP) is 7.86. The van der Waals surface area contributed by atoms with Crippen LogP contribution in [0.3, 0.4) is 0 Å². The zero-order chi connectivity index (χ0) is 33.9. The number of H-pyrrole nitrogens is 2. The van der Waals surface area contributed by atoms with Crippen molar-refractivity contribution in [3.63, 3.8) is 0 Å². The average Bonchev–Trinajstić information content (AvgIpc) is 3.63. The van der Waals surface area contributed by atoms with Gasteiger partial charge >= 0.3 is 0 Å². The van der Waals surface area contributed by atoms with Gasteiger partial charge in [0, 0.05) is 25.0 Å². The molecule has 1 amide bonds. The zero-order valence-corrected chi connectivity index (χ0v) is 29.8. The number of hydrogen-bond acceptors (Lipinski definition) is 5. The van der Waals surface area contributed by atoms with Crippen LogP contribution in [0.5, 0.6) is 0 Å². The van der Waals surface area contributed by atoms with E-state index in [1.54, 1.807) is 0 Å². The van der Waals surface area contributed by atoms with E-state index in [0.29, 0.717) is 11.8 Å². The molecule has 5 aromatic rings. The molecule has 3 aromatic heterocycles. The standard InChI is InChI=1S/C39H53N7O/c1-24(2)22-46(23-25(3)4)38(47)39(8,9)35-19-31-34(21-41-35)42-37(30-16-26(5)15-27(6)17-30)36(31)28(7)20-40-14-10-11-29-12-13-32-33(18-29)44-45-43-32/h12-13,15-19,21,24-25,28,40,42H,10-11,14,20,22-23H2,1-9H3,(H,43,44,45)/t28-/m1/s1. The monoisotopic (exact) mass is 635 g/mol. The van der Waals surface area contributed by atoms with E-state index >= 15 is 0 Å². The number of nitrogens with zero attached hydrogens (tertiary/aromatic N) is 4. The van der Waals surface area contributed by atoms with Gasteiger partial charge < -0.3 is 15.2 Å². The first-order valence-electron chi connectivity index (χ1n) is 17.2.